The first-order valence-corrected chi connectivity index (χ1v) is 7.62. The van der Waals surface area contributed by atoms with E-state index in [9.17, 15) is 14.4 Å². The molecule has 1 aliphatic carbocycles. The van der Waals surface area contributed by atoms with Gasteiger partial charge in [0.25, 0.3) is 0 Å². The van der Waals surface area contributed by atoms with Gasteiger partial charge in [-0.1, -0.05) is 25.7 Å². The zero-order valence-corrected chi connectivity index (χ0v) is 11.9. The summed E-state index contributed by atoms with van der Waals surface area (Å²) in [7, 11) is 0. The maximum atomic E-state index is 12.4. The minimum atomic E-state index is -0.766. The summed E-state index contributed by atoms with van der Waals surface area (Å²) in [5, 5.41) is 8.53. The predicted molar refractivity (Wildman–Crippen MR) is 73.0 cm³/mol. The monoisotopic (exact) mass is 281 g/mol. The van der Waals surface area contributed by atoms with Crippen LogP contribution in [0.5, 0.6) is 0 Å². The zero-order chi connectivity index (χ0) is 14.6. The summed E-state index contributed by atoms with van der Waals surface area (Å²) in [5.41, 5.74) is -0.361. The van der Waals surface area contributed by atoms with Gasteiger partial charge in [-0.25, -0.2) is 0 Å². The number of likely N-dealkylation sites (tertiary alicyclic amines) is 1. The predicted octanol–water partition coefficient (Wildman–Crippen LogP) is 2.34. The molecule has 20 heavy (non-hydrogen) atoms. The van der Waals surface area contributed by atoms with Gasteiger partial charge >= 0.3 is 5.97 Å². The van der Waals surface area contributed by atoms with Crippen LogP contribution in [0.3, 0.4) is 0 Å². The lowest BCUT2D eigenvalue weighted by molar-refractivity contribution is -0.141. The van der Waals surface area contributed by atoms with E-state index in [1.54, 1.807) is 0 Å². The molecular weight excluding hydrogens is 258 g/mol. The van der Waals surface area contributed by atoms with Gasteiger partial charge in [0.05, 0.1) is 5.41 Å². The third-order valence-corrected chi connectivity index (χ3v) is 4.57. The van der Waals surface area contributed by atoms with Gasteiger partial charge in [0, 0.05) is 19.4 Å². The molecule has 0 bridgehead atoms. The Bertz CT molecular complexity index is 399. The Labute approximate surface area is 119 Å². The maximum Gasteiger partial charge on any atom is 0.303 e. The maximum absolute atomic E-state index is 12.4. The highest BCUT2D eigenvalue weighted by molar-refractivity contribution is 6.06. The van der Waals surface area contributed by atoms with Gasteiger partial charge in [0.2, 0.25) is 11.8 Å². The molecule has 1 spiro atoms. The summed E-state index contributed by atoms with van der Waals surface area (Å²) in [6.45, 7) is 0.506. The molecule has 1 saturated heterocycles. The van der Waals surface area contributed by atoms with Crippen molar-refractivity contribution in [2.24, 2.45) is 5.41 Å². The smallest absolute Gasteiger partial charge is 0.303 e. The molecule has 0 atom stereocenters. The average molecular weight is 281 g/mol. The van der Waals surface area contributed by atoms with Crippen LogP contribution in [0.15, 0.2) is 0 Å². The normalized spacial score (nSPS) is 21.1. The molecule has 5 nitrogen and oxygen atoms in total. The van der Waals surface area contributed by atoms with Crippen LogP contribution in [-0.2, 0) is 14.4 Å². The molecule has 2 rings (SSSR count). The Hall–Kier alpha value is -1.39. The number of carboxylic acid groups (broad SMARTS) is 1. The van der Waals surface area contributed by atoms with Crippen molar-refractivity contribution >= 4 is 17.8 Å². The lowest BCUT2D eigenvalue weighted by Gasteiger charge is -2.20. The molecule has 0 unspecified atom stereocenters. The highest BCUT2D eigenvalue weighted by Crippen LogP contribution is 2.46. The van der Waals surface area contributed by atoms with Crippen molar-refractivity contribution in [1.29, 1.82) is 0 Å². The highest BCUT2D eigenvalue weighted by Gasteiger charge is 2.52. The molecule has 1 N–H and O–H groups in total. The van der Waals surface area contributed by atoms with Crippen LogP contribution in [0.25, 0.3) is 0 Å². The number of amides is 2. The third kappa shape index (κ3) is 3.19. The number of unbranched alkanes of at least 4 members (excludes halogenated alkanes) is 3. The summed E-state index contributed by atoms with van der Waals surface area (Å²) in [6, 6.07) is 0. The number of carboxylic acids is 1. The van der Waals surface area contributed by atoms with Gasteiger partial charge in [-0.15, -0.1) is 0 Å². The number of imide groups is 1. The first-order chi connectivity index (χ1) is 9.55. The molecule has 1 saturated carbocycles. The van der Waals surface area contributed by atoms with Crippen LogP contribution in [0.2, 0.25) is 0 Å². The van der Waals surface area contributed by atoms with Gasteiger partial charge in [-0.2, -0.15) is 0 Å². The first kappa shape index (κ1) is 15.0. The van der Waals surface area contributed by atoms with Crippen molar-refractivity contribution in [3.63, 3.8) is 0 Å². The Morgan fingerprint density at radius 1 is 1.10 bits per heavy atom. The number of carbonyl (C=O) groups is 3. The van der Waals surface area contributed by atoms with E-state index in [-0.39, 0.29) is 23.7 Å². The van der Waals surface area contributed by atoms with Gasteiger partial charge < -0.3 is 5.11 Å². The summed E-state index contributed by atoms with van der Waals surface area (Å²) >= 11 is 0. The number of aliphatic carboxylic acids is 1. The number of hydrogen-bond donors (Lipinski definition) is 1. The van der Waals surface area contributed by atoms with E-state index in [1.807, 2.05) is 0 Å². The number of nitrogens with zero attached hydrogens (tertiary/aromatic N) is 1. The summed E-state index contributed by atoms with van der Waals surface area (Å²) < 4.78 is 0. The second-order valence-corrected chi connectivity index (χ2v) is 6.07. The Kier molecular flexibility index (Phi) is 4.78. The average Bonchev–Trinajstić information content (AvgIpc) is 2.94. The van der Waals surface area contributed by atoms with Crippen LogP contribution < -0.4 is 0 Å². The molecule has 2 amide bonds. The van der Waals surface area contributed by atoms with Crippen molar-refractivity contribution in [3.8, 4) is 0 Å². The molecule has 0 aromatic carbocycles. The van der Waals surface area contributed by atoms with Crippen molar-refractivity contribution in [1.82, 2.24) is 4.90 Å². The second kappa shape index (κ2) is 6.37. The molecule has 1 heterocycles. The van der Waals surface area contributed by atoms with Crippen molar-refractivity contribution in [2.75, 3.05) is 6.54 Å². The molecule has 1 aliphatic heterocycles. The molecule has 2 aliphatic rings. The fraction of sp³-hybridized carbons (Fsp3) is 0.800. The quantitative estimate of drug-likeness (QED) is 0.574. The molecule has 0 aromatic rings. The largest absolute Gasteiger partial charge is 0.481 e. The number of carbonyl (C=O) groups excluding carboxylic acids is 2. The molecule has 0 radical (unpaired) electrons. The van der Waals surface area contributed by atoms with Crippen LogP contribution >= 0.6 is 0 Å². The fourth-order valence-corrected chi connectivity index (χ4v) is 3.43. The lowest BCUT2D eigenvalue weighted by Crippen LogP contribution is -2.35. The standard InChI is InChI=1S/C15H23NO4/c17-12-11-15(8-4-5-9-15)14(20)16(12)10-6-2-1-3-7-13(18)19/h1-11H2,(H,18,19). The van der Waals surface area contributed by atoms with E-state index in [4.69, 9.17) is 5.11 Å². The summed E-state index contributed by atoms with van der Waals surface area (Å²) in [6.07, 6.45) is 7.62. The van der Waals surface area contributed by atoms with Crippen LogP contribution in [0.1, 0.15) is 64.2 Å². The Balaban J connectivity index is 1.72. The van der Waals surface area contributed by atoms with Gasteiger partial charge in [-0.05, 0) is 25.7 Å². The minimum Gasteiger partial charge on any atom is -0.481 e. The molecule has 5 heteroatoms. The fourth-order valence-electron chi connectivity index (χ4n) is 3.43. The highest BCUT2D eigenvalue weighted by atomic mass is 16.4. The molecule has 2 fully saturated rings. The van der Waals surface area contributed by atoms with Gasteiger partial charge in [-0.3, -0.25) is 19.3 Å². The van der Waals surface area contributed by atoms with Crippen LogP contribution in [0, 0.1) is 5.41 Å². The zero-order valence-electron chi connectivity index (χ0n) is 11.9. The van der Waals surface area contributed by atoms with E-state index in [1.165, 1.54) is 4.90 Å². The molecule has 112 valence electrons. The Morgan fingerprint density at radius 3 is 2.40 bits per heavy atom. The molecular formula is C15H23NO4. The molecule has 0 aromatic heterocycles. The Morgan fingerprint density at radius 2 is 1.75 bits per heavy atom. The third-order valence-electron chi connectivity index (χ3n) is 4.57. The van der Waals surface area contributed by atoms with E-state index < -0.39 is 5.97 Å². The van der Waals surface area contributed by atoms with Crippen LogP contribution in [-0.4, -0.2) is 34.3 Å². The van der Waals surface area contributed by atoms with E-state index >= 15 is 0 Å². The minimum absolute atomic E-state index is 0.0116. The van der Waals surface area contributed by atoms with Crippen molar-refractivity contribution < 1.29 is 19.5 Å². The number of rotatable bonds is 7. The summed E-state index contributed by atoms with van der Waals surface area (Å²) in [5.74, 6) is -0.731. The van der Waals surface area contributed by atoms with Gasteiger partial charge in [0.15, 0.2) is 0 Å². The first-order valence-electron chi connectivity index (χ1n) is 7.62. The van der Waals surface area contributed by atoms with E-state index in [0.717, 1.165) is 44.9 Å². The van der Waals surface area contributed by atoms with E-state index in [0.29, 0.717) is 19.4 Å². The second-order valence-electron chi connectivity index (χ2n) is 6.07. The van der Waals surface area contributed by atoms with E-state index in [2.05, 4.69) is 0 Å². The number of hydrogen-bond acceptors (Lipinski definition) is 3. The van der Waals surface area contributed by atoms with Crippen LogP contribution in [0.4, 0.5) is 0 Å². The van der Waals surface area contributed by atoms with Gasteiger partial charge in [0.1, 0.15) is 0 Å². The van der Waals surface area contributed by atoms with Crippen molar-refractivity contribution in [2.45, 2.75) is 64.2 Å². The SMILES string of the molecule is O=C(O)CCCCCCN1C(=O)CC2(CCCC2)C1=O. The summed E-state index contributed by atoms with van der Waals surface area (Å²) in [4.78, 5) is 36.2. The van der Waals surface area contributed by atoms with Crippen molar-refractivity contribution in [3.05, 3.63) is 0 Å². The topological polar surface area (TPSA) is 74.7 Å². The lowest BCUT2D eigenvalue weighted by atomic mass is 9.84.